The van der Waals surface area contributed by atoms with Gasteiger partial charge in [-0.05, 0) is 41.5 Å². The summed E-state index contributed by atoms with van der Waals surface area (Å²) in [6.45, 7) is 0. The lowest BCUT2D eigenvalue weighted by Gasteiger charge is -2.36. The molecule has 1 saturated carbocycles. The summed E-state index contributed by atoms with van der Waals surface area (Å²) >= 11 is 1.03. The molecule has 10 heteroatoms. The maximum absolute atomic E-state index is 12.8. The highest BCUT2D eigenvalue weighted by Gasteiger charge is 2.41. The van der Waals surface area contributed by atoms with Gasteiger partial charge in [-0.3, -0.25) is 19.3 Å². The average molecular weight is 386 g/mol. The third kappa shape index (κ3) is 3.57. The van der Waals surface area contributed by atoms with Crippen molar-refractivity contribution in [1.82, 2.24) is 30.4 Å². The molecule has 1 saturated heterocycles. The molecule has 1 N–H and O–H groups in total. The van der Waals surface area contributed by atoms with Crippen molar-refractivity contribution in [2.24, 2.45) is 0 Å². The first-order valence-electron chi connectivity index (χ1n) is 8.76. The number of nitrogens with one attached hydrogen (secondary N) is 1. The molecule has 140 valence electrons. The molecule has 2 heterocycles. The molecule has 0 radical (unpaired) electrons. The van der Waals surface area contributed by atoms with E-state index in [1.165, 1.54) is 15.9 Å². The van der Waals surface area contributed by atoms with Gasteiger partial charge < -0.3 is 5.32 Å². The average Bonchev–Trinajstić information content (AvgIpc) is 3.33. The fourth-order valence-corrected chi connectivity index (χ4v) is 4.36. The number of hydrogen-bond acceptors (Lipinski definition) is 7. The first-order valence-corrected chi connectivity index (χ1v) is 9.75. The summed E-state index contributed by atoms with van der Waals surface area (Å²) < 4.78 is 1.47. The van der Waals surface area contributed by atoms with Crippen molar-refractivity contribution >= 4 is 28.8 Å². The molecule has 0 unspecified atom stereocenters. The van der Waals surface area contributed by atoms with Crippen molar-refractivity contribution in [3.63, 3.8) is 0 Å². The van der Waals surface area contributed by atoms with Crippen molar-refractivity contribution in [2.45, 2.75) is 37.8 Å². The number of tetrazole rings is 1. The van der Waals surface area contributed by atoms with Crippen LogP contribution < -0.4 is 5.32 Å². The molecule has 27 heavy (non-hydrogen) atoms. The van der Waals surface area contributed by atoms with Crippen molar-refractivity contribution in [1.29, 1.82) is 0 Å². The van der Waals surface area contributed by atoms with Gasteiger partial charge in [0.05, 0.1) is 23.5 Å². The lowest BCUT2D eigenvalue weighted by Crippen LogP contribution is -2.54. The zero-order chi connectivity index (χ0) is 18.8. The lowest BCUT2D eigenvalue weighted by molar-refractivity contribution is -0.127. The number of hydrogen-bond donors (Lipinski definition) is 1. The first kappa shape index (κ1) is 17.7. The maximum Gasteiger partial charge on any atom is 0.289 e. The molecule has 4 rings (SSSR count). The van der Waals surface area contributed by atoms with E-state index in [1.54, 1.807) is 24.3 Å². The summed E-state index contributed by atoms with van der Waals surface area (Å²) in [6.07, 6.45) is 4.80. The molecule has 1 aliphatic carbocycles. The van der Waals surface area contributed by atoms with Crippen LogP contribution in [0, 0.1) is 0 Å². The maximum atomic E-state index is 12.8. The summed E-state index contributed by atoms with van der Waals surface area (Å²) in [7, 11) is 0. The van der Waals surface area contributed by atoms with Crippen LogP contribution in [0.1, 0.15) is 36.0 Å². The molecule has 0 bridgehead atoms. The molecular formula is C17H18N6O3S. The molecule has 2 fully saturated rings. The predicted octanol–water partition coefficient (Wildman–Crippen LogP) is 1.40. The molecule has 9 nitrogen and oxygen atoms in total. The number of imide groups is 1. The summed E-state index contributed by atoms with van der Waals surface area (Å²) in [5, 5.41) is 13.8. The van der Waals surface area contributed by atoms with Gasteiger partial charge in [0.1, 0.15) is 6.33 Å². The van der Waals surface area contributed by atoms with Gasteiger partial charge in [0, 0.05) is 5.56 Å². The monoisotopic (exact) mass is 386 g/mol. The third-order valence-corrected chi connectivity index (χ3v) is 5.72. The Morgan fingerprint density at radius 3 is 2.81 bits per heavy atom. The number of carbonyl (C=O) groups excluding carboxylic acids is 3. The van der Waals surface area contributed by atoms with Crippen molar-refractivity contribution < 1.29 is 14.4 Å². The van der Waals surface area contributed by atoms with Gasteiger partial charge in [0.15, 0.2) is 0 Å². The summed E-state index contributed by atoms with van der Waals surface area (Å²) in [6, 6.07) is 6.45. The van der Waals surface area contributed by atoms with Gasteiger partial charge in [-0.1, -0.05) is 30.7 Å². The van der Waals surface area contributed by atoms with Crippen molar-refractivity contribution in [2.75, 3.05) is 5.75 Å². The molecule has 2 aliphatic rings. The second-order valence-electron chi connectivity index (χ2n) is 6.55. The summed E-state index contributed by atoms with van der Waals surface area (Å²) in [5.74, 6) is -0.227. The van der Waals surface area contributed by atoms with E-state index in [-0.39, 0.29) is 34.9 Å². The van der Waals surface area contributed by atoms with Crippen LogP contribution in [-0.4, -0.2) is 60.0 Å². The number of aromatic nitrogens is 4. The van der Waals surface area contributed by atoms with Crippen LogP contribution in [0.15, 0.2) is 30.6 Å². The third-order valence-electron chi connectivity index (χ3n) is 4.88. The molecule has 2 aromatic rings. The number of rotatable bonds is 4. The SMILES string of the molecule is O=C(N[C@@H]1CCCC[C@@H]1N1C(=O)CSC1=O)c1cccc(-n2cnnn2)c1. The molecule has 3 amide bonds. The highest BCUT2D eigenvalue weighted by molar-refractivity contribution is 8.14. The van der Waals surface area contributed by atoms with Gasteiger partial charge in [0.2, 0.25) is 5.91 Å². The fraction of sp³-hybridized carbons (Fsp3) is 0.412. The minimum atomic E-state index is -0.277. The van der Waals surface area contributed by atoms with E-state index in [9.17, 15) is 14.4 Å². The number of amides is 3. The van der Waals surface area contributed by atoms with Gasteiger partial charge in [-0.25, -0.2) is 4.68 Å². The quantitative estimate of drug-likeness (QED) is 0.845. The van der Waals surface area contributed by atoms with Crippen LogP contribution in [0.4, 0.5) is 4.79 Å². The minimum absolute atomic E-state index is 0.170. The Balaban J connectivity index is 1.52. The van der Waals surface area contributed by atoms with E-state index in [1.807, 2.05) is 0 Å². The van der Waals surface area contributed by atoms with E-state index in [0.717, 1.165) is 31.0 Å². The Morgan fingerprint density at radius 2 is 2.07 bits per heavy atom. The van der Waals surface area contributed by atoms with E-state index in [2.05, 4.69) is 20.8 Å². The van der Waals surface area contributed by atoms with Crippen molar-refractivity contribution in [3.8, 4) is 5.69 Å². The smallest absolute Gasteiger partial charge is 0.289 e. The number of carbonyl (C=O) groups is 3. The van der Waals surface area contributed by atoms with Crippen LogP contribution in [0.5, 0.6) is 0 Å². The molecule has 1 aliphatic heterocycles. The molecular weight excluding hydrogens is 368 g/mol. The van der Waals surface area contributed by atoms with Crippen LogP contribution in [-0.2, 0) is 4.79 Å². The van der Waals surface area contributed by atoms with Crippen molar-refractivity contribution in [3.05, 3.63) is 36.2 Å². The van der Waals surface area contributed by atoms with Crippen LogP contribution >= 0.6 is 11.8 Å². The Labute approximate surface area is 159 Å². The summed E-state index contributed by atoms with van der Waals surface area (Å²) in [4.78, 5) is 38.3. The normalized spacial score (nSPS) is 22.9. The highest BCUT2D eigenvalue weighted by Crippen LogP contribution is 2.30. The lowest BCUT2D eigenvalue weighted by atomic mass is 9.89. The second kappa shape index (κ2) is 7.47. The van der Waals surface area contributed by atoms with Gasteiger partial charge in [-0.2, -0.15) is 0 Å². The summed E-state index contributed by atoms with van der Waals surface area (Å²) in [5.41, 5.74) is 1.15. The zero-order valence-corrected chi connectivity index (χ0v) is 15.3. The van der Waals surface area contributed by atoms with Gasteiger partial charge in [0.25, 0.3) is 11.1 Å². The second-order valence-corrected chi connectivity index (χ2v) is 7.48. The van der Waals surface area contributed by atoms with E-state index in [0.29, 0.717) is 17.7 Å². The van der Waals surface area contributed by atoms with E-state index in [4.69, 9.17) is 0 Å². The van der Waals surface area contributed by atoms with Crippen LogP contribution in [0.25, 0.3) is 5.69 Å². The standard InChI is InChI=1S/C17H18N6O3S/c24-15-9-27-17(26)23(15)14-7-2-1-6-13(14)19-16(25)11-4-3-5-12(8-11)22-10-18-20-21-22/h3-5,8,10,13-14H,1-2,6-7,9H2,(H,19,25)/t13-,14+/m1/s1. The molecule has 2 atom stereocenters. The zero-order valence-electron chi connectivity index (χ0n) is 14.4. The van der Waals surface area contributed by atoms with Gasteiger partial charge in [-0.15, -0.1) is 5.10 Å². The molecule has 1 aromatic heterocycles. The molecule has 0 spiro atoms. The highest BCUT2D eigenvalue weighted by atomic mass is 32.2. The number of thioether (sulfide) groups is 1. The largest absolute Gasteiger partial charge is 0.347 e. The Hall–Kier alpha value is -2.75. The van der Waals surface area contributed by atoms with Crippen LogP contribution in [0.3, 0.4) is 0 Å². The van der Waals surface area contributed by atoms with Gasteiger partial charge >= 0.3 is 0 Å². The topological polar surface area (TPSA) is 110 Å². The van der Waals surface area contributed by atoms with E-state index < -0.39 is 0 Å². The van der Waals surface area contributed by atoms with E-state index >= 15 is 0 Å². The predicted molar refractivity (Wildman–Crippen MR) is 97.4 cm³/mol. The Morgan fingerprint density at radius 1 is 1.22 bits per heavy atom. The Bertz CT molecular complexity index is 855. The number of benzene rings is 1. The van der Waals surface area contributed by atoms with Crippen LogP contribution in [0.2, 0.25) is 0 Å². The molecule has 1 aromatic carbocycles. The first-order chi connectivity index (χ1) is 13.1. The fourth-order valence-electron chi connectivity index (χ4n) is 3.59. The number of nitrogens with zero attached hydrogens (tertiary/aromatic N) is 5. The minimum Gasteiger partial charge on any atom is -0.347 e. The Kier molecular flexibility index (Phi) is 4.88.